The zero-order chi connectivity index (χ0) is 17.9. The molecule has 0 saturated heterocycles. The number of carboxylic acid groups (broad SMARTS) is 1. The number of hydrogen-bond donors (Lipinski definition) is 3. The molecule has 0 aliphatic carbocycles. The third-order valence-electron chi connectivity index (χ3n) is 4.99. The molecule has 0 amide bonds. The molecule has 2 atom stereocenters. The molecule has 132 valence electrons. The lowest BCUT2D eigenvalue weighted by molar-refractivity contribution is 0.0293. The molecule has 0 aromatic heterocycles. The SMILES string of the molecule is COC[C@@]1(CCC(C)=C(C)C)Nc2ccc(C(=O)O)cc2C[C@H]1O. The van der Waals surface area contributed by atoms with Crippen molar-refractivity contribution in [2.45, 2.75) is 51.7 Å². The fourth-order valence-corrected chi connectivity index (χ4v) is 3.12. The van der Waals surface area contributed by atoms with Crippen LogP contribution in [0.25, 0.3) is 0 Å². The van der Waals surface area contributed by atoms with Gasteiger partial charge in [0.1, 0.15) is 0 Å². The molecule has 0 unspecified atom stereocenters. The van der Waals surface area contributed by atoms with Gasteiger partial charge in [-0.1, -0.05) is 11.1 Å². The molecule has 3 N–H and O–H groups in total. The highest BCUT2D eigenvalue weighted by atomic mass is 16.5. The predicted molar refractivity (Wildman–Crippen MR) is 94.6 cm³/mol. The molecule has 1 aliphatic rings. The van der Waals surface area contributed by atoms with Gasteiger partial charge in [0.25, 0.3) is 0 Å². The lowest BCUT2D eigenvalue weighted by Gasteiger charge is -2.43. The minimum atomic E-state index is -0.958. The zero-order valence-corrected chi connectivity index (χ0v) is 14.8. The van der Waals surface area contributed by atoms with E-state index < -0.39 is 17.6 Å². The van der Waals surface area contributed by atoms with E-state index in [1.54, 1.807) is 25.3 Å². The molecule has 0 bridgehead atoms. The topological polar surface area (TPSA) is 78.8 Å². The highest BCUT2D eigenvalue weighted by Crippen LogP contribution is 2.36. The Labute approximate surface area is 143 Å². The van der Waals surface area contributed by atoms with Gasteiger partial charge in [0.2, 0.25) is 0 Å². The average molecular weight is 333 g/mol. The zero-order valence-electron chi connectivity index (χ0n) is 14.8. The first-order valence-electron chi connectivity index (χ1n) is 8.23. The van der Waals surface area contributed by atoms with E-state index in [0.717, 1.165) is 24.1 Å². The number of aromatic carboxylic acids is 1. The van der Waals surface area contributed by atoms with E-state index in [-0.39, 0.29) is 5.56 Å². The van der Waals surface area contributed by atoms with Gasteiger partial charge in [-0.05, 0) is 57.4 Å². The Morgan fingerprint density at radius 1 is 1.38 bits per heavy atom. The van der Waals surface area contributed by atoms with E-state index in [4.69, 9.17) is 9.84 Å². The molecule has 1 aliphatic heterocycles. The summed E-state index contributed by atoms with van der Waals surface area (Å²) in [6.45, 7) is 6.68. The van der Waals surface area contributed by atoms with Crippen molar-refractivity contribution in [1.82, 2.24) is 0 Å². The number of carbonyl (C=O) groups is 1. The molecule has 24 heavy (non-hydrogen) atoms. The summed E-state index contributed by atoms with van der Waals surface area (Å²) in [7, 11) is 1.63. The first kappa shape index (κ1) is 18.5. The molecule has 0 spiro atoms. The van der Waals surface area contributed by atoms with E-state index in [1.807, 2.05) is 0 Å². The third kappa shape index (κ3) is 3.79. The van der Waals surface area contributed by atoms with Crippen LogP contribution in [0.1, 0.15) is 49.5 Å². The van der Waals surface area contributed by atoms with Crippen LogP contribution in [0.5, 0.6) is 0 Å². The standard InChI is InChI=1S/C19H27NO4/c1-12(2)13(3)7-8-19(11-24-4)17(21)10-15-9-14(18(22)23)5-6-16(15)20-19/h5-6,9,17,20-21H,7-8,10-11H2,1-4H3,(H,22,23)/t17-,19-/m1/s1. The summed E-state index contributed by atoms with van der Waals surface area (Å²) in [6, 6.07) is 5.00. The van der Waals surface area contributed by atoms with Gasteiger partial charge in [0, 0.05) is 19.2 Å². The summed E-state index contributed by atoms with van der Waals surface area (Å²) in [5.74, 6) is -0.958. The number of ether oxygens (including phenoxy) is 1. The summed E-state index contributed by atoms with van der Waals surface area (Å²) in [6.07, 6.45) is 1.40. The van der Waals surface area contributed by atoms with Crippen molar-refractivity contribution < 1.29 is 19.7 Å². The van der Waals surface area contributed by atoms with Crippen LogP contribution in [0.3, 0.4) is 0 Å². The Bertz CT molecular complexity index is 649. The molecule has 5 nitrogen and oxygen atoms in total. The summed E-state index contributed by atoms with van der Waals surface area (Å²) >= 11 is 0. The smallest absolute Gasteiger partial charge is 0.335 e. The minimum Gasteiger partial charge on any atom is -0.478 e. The monoisotopic (exact) mass is 333 g/mol. The summed E-state index contributed by atoms with van der Waals surface area (Å²) in [4.78, 5) is 11.1. The fourth-order valence-electron chi connectivity index (χ4n) is 3.12. The molecular weight excluding hydrogens is 306 g/mol. The molecule has 0 radical (unpaired) electrons. The Hall–Kier alpha value is -1.85. The van der Waals surface area contributed by atoms with Crippen molar-refractivity contribution in [2.24, 2.45) is 0 Å². The summed E-state index contributed by atoms with van der Waals surface area (Å²) in [5, 5.41) is 23.3. The average Bonchev–Trinajstić information content (AvgIpc) is 2.53. The number of carboxylic acids is 1. The maximum absolute atomic E-state index is 11.1. The number of allylic oxidation sites excluding steroid dienone is 2. The van der Waals surface area contributed by atoms with Gasteiger partial charge >= 0.3 is 5.97 Å². The lowest BCUT2D eigenvalue weighted by Crippen LogP contribution is -2.56. The van der Waals surface area contributed by atoms with E-state index >= 15 is 0 Å². The second-order valence-electron chi connectivity index (χ2n) is 6.89. The molecule has 0 saturated carbocycles. The first-order chi connectivity index (χ1) is 11.3. The number of rotatable bonds is 6. The van der Waals surface area contributed by atoms with Crippen molar-refractivity contribution in [1.29, 1.82) is 0 Å². The van der Waals surface area contributed by atoms with Gasteiger partial charge in [0.15, 0.2) is 0 Å². The Balaban J connectivity index is 2.30. The van der Waals surface area contributed by atoms with Crippen molar-refractivity contribution in [3.63, 3.8) is 0 Å². The lowest BCUT2D eigenvalue weighted by atomic mass is 9.79. The van der Waals surface area contributed by atoms with E-state index in [0.29, 0.717) is 13.0 Å². The van der Waals surface area contributed by atoms with Crippen LogP contribution in [-0.4, -0.2) is 41.5 Å². The number of nitrogens with one attached hydrogen (secondary N) is 1. The quantitative estimate of drug-likeness (QED) is 0.697. The first-order valence-corrected chi connectivity index (χ1v) is 8.23. The predicted octanol–water partition coefficient (Wildman–Crippen LogP) is 3.24. The molecule has 1 heterocycles. The number of aliphatic hydroxyl groups excluding tert-OH is 1. The van der Waals surface area contributed by atoms with Crippen LogP contribution in [0.2, 0.25) is 0 Å². The third-order valence-corrected chi connectivity index (χ3v) is 4.99. The number of aliphatic hydroxyl groups is 1. The van der Waals surface area contributed by atoms with Crippen LogP contribution in [0.4, 0.5) is 5.69 Å². The number of hydrogen-bond acceptors (Lipinski definition) is 4. The van der Waals surface area contributed by atoms with Gasteiger partial charge < -0.3 is 20.3 Å². The number of methoxy groups -OCH3 is 1. The molecular formula is C19H27NO4. The van der Waals surface area contributed by atoms with Gasteiger partial charge in [-0.15, -0.1) is 0 Å². The molecule has 1 aromatic carbocycles. The fraction of sp³-hybridized carbons (Fsp3) is 0.526. The van der Waals surface area contributed by atoms with Crippen LogP contribution in [0, 0.1) is 0 Å². The van der Waals surface area contributed by atoms with E-state index in [1.165, 1.54) is 11.1 Å². The largest absolute Gasteiger partial charge is 0.478 e. The highest BCUT2D eigenvalue weighted by molar-refractivity contribution is 5.88. The van der Waals surface area contributed by atoms with Gasteiger partial charge in [-0.3, -0.25) is 0 Å². The Morgan fingerprint density at radius 3 is 2.67 bits per heavy atom. The van der Waals surface area contributed by atoms with Crippen LogP contribution in [0.15, 0.2) is 29.3 Å². The van der Waals surface area contributed by atoms with Crippen LogP contribution in [-0.2, 0) is 11.2 Å². The van der Waals surface area contributed by atoms with Gasteiger partial charge in [0.05, 0.1) is 23.8 Å². The van der Waals surface area contributed by atoms with Gasteiger partial charge in [-0.2, -0.15) is 0 Å². The van der Waals surface area contributed by atoms with E-state index in [9.17, 15) is 9.90 Å². The van der Waals surface area contributed by atoms with Crippen molar-refractivity contribution in [3.05, 3.63) is 40.5 Å². The van der Waals surface area contributed by atoms with Crippen LogP contribution >= 0.6 is 0 Å². The summed E-state index contributed by atoms with van der Waals surface area (Å²) in [5.41, 5.74) is 3.97. The number of benzene rings is 1. The van der Waals surface area contributed by atoms with Gasteiger partial charge in [-0.25, -0.2) is 4.79 Å². The number of anilines is 1. The minimum absolute atomic E-state index is 0.238. The van der Waals surface area contributed by atoms with E-state index in [2.05, 4.69) is 26.1 Å². The second kappa shape index (κ2) is 7.36. The highest BCUT2D eigenvalue weighted by Gasteiger charge is 2.41. The molecule has 0 fully saturated rings. The number of fused-ring (bicyclic) bond motifs is 1. The summed E-state index contributed by atoms with van der Waals surface area (Å²) < 4.78 is 5.39. The van der Waals surface area contributed by atoms with Crippen molar-refractivity contribution in [3.8, 4) is 0 Å². The normalized spacial score (nSPS) is 22.5. The maximum atomic E-state index is 11.1. The molecule has 1 aromatic rings. The maximum Gasteiger partial charge on any atom is 0.335 e. The second-order valence-corrected chi connectivity index (χ2v) is 6.89. The molecule has 5 heteroatoms. The van der Waals surface area contributed by atoms with Crippen molar-refractivity contribution >= 4 is 11.7 Å². The Morgan fingerprint density at radius 2 is 2.08 bits per heavy atom. The van der Waals surface area contributed by atoms with Crippen molar-refractivity contribution in [2.75, 3.05) is 19.0 Å². The van der Waals surface area contributed by atoms with Crippen LogP contribution < -0.4 is 5.32 Å². The Kier molecular flexibility index (Phi) is 5.67. The molecule has 2 rings (SSSR count).